The zero-order chi connectivity index (χ0) is 21.5. The van der Waals surface area contributed by atoms with E-state index in [0.29, 0.717) is 12.2 Å². The highest BCUT2D eigenvalue weighted by atomic mass is 35.5. The number of esters is 1. The molecule has 1 aliphatic rings. The van der Waals surface area contributed by atoms with Crippen molar-refractivity contribution in [2.75, 3.05) is 43.0 Å². The van der Waals surface area contributed by atoms with E-state index in [4.69, 9.17) is 15.9 Å². The van der Waals surface area contributed by atoms with Crippen LogP contribution in [0.25, 0.3) is 0 Å². The maximum atomic E-state index is 12.8. The fraction of sp³-hybridized carbons (Fsp3) is 0.391. The van der Waals surface area contributed by atoms with Crippen LogP contribution in [0.15, 0.2) is 42.5 Å². The van der Waals surface area contributed by atoms with Crippen molar-refractivity contribution in [3.8, 4) is 0 Å². The number of nitrogens with one attached hydrogen (secondary N) is 3. The first-order chi connectivity index (χ1) is 14.5. The normalized spacial score (nSPS) is 14.3. The summed E-state index contributed by atoms with van der Waals surface area (Å²) in [5, 5.41) is 14.2. The van der Waals surface area contributed by atoms with Crippen LogP contribution in [-0.4, -0.2) is 44.6 Å². The second-order valence-corrected chi connectivity index (χ2v) is 7.34. The lowest BCUT2D eigenvalue weighted by Crippen LogP contribution is -2.43. The molecule has 0 amide bonds. The molecule has 168 valence electrons. The quantitative estimate of drug-likeness (QED) is 0.283. The van der Waals surface area contributed by atoms with Gasteiger partial charge in [0.05, 0.1) is 6.61 Å². The largest absolute Gasteiger partial charge is 0.464 e. The van der Waals surface area contributed by atoms with Crippen LogP contribution in [-0.2, 0) is 16.0 Å². The third-order valence-corrected chi connectivity index (χ3v) is 5.25. The van der Waals surface area contributed by atoms with Crippen LogP contribution in [0, 0.1) is 5.41 Å². The van der Waals surface area contributed by atoms with Crippen LogP contribution in [0.2, 0.25) is 0 Å². The predicted molar refractivity (Wildman–Crippen MR) is 129 cm³/mol. The molecule has 3 rings (SSSR count). The van der Waals surface area contributed by atoms with Crippen molar-refractivity contribution in [3.63, 3.8) is 0 Å². The minimum absolute atomic E-state index is 0. The fourth-order valence-corrected chi connectivity index (χ4v) is 3.59. The molecule has 31 heavy (non-hydrogen) atoms. The Bertz CT molecular complexity index is 882. The second kappa shape index (κ2) is 11.6. The molecule has 1 aliphatic heterocycles. The van der Waals surface area contributed by atoms with E-state index in [0.717, 1.165) is 49.5 Å². The number of nitrogens with two attached hydrogens (primary N) is 1. The number of halogens is 1. The molecule has 8 heteroatoms. The van der Waals surface area contributed by atoms with Gasteiger partial charge in [0.15, 0.2) is 6.04 Å². The summed E-state index contributed by atoms with van der Waals surface area (Å²) in [6, 6.07) is 12.9. The summed E-state index contributed by atoms with van der Waals surface area (Å²) in [6.07, 6.45) is 0.885. The third-order valence-electron chi connectivity index (χ3n) is 5.25. The van der Waals surface area contributed by atoms with Crippen molar-refractivity contribution >= 4 is 35.6 Å². The topological polar surface area (TPSA) is 103 Å². The van der Waals surface area contributed by atoms with Gasteiger partial charge in [-0.25, -0.2) is 4.79 Å². The average Bonchev–Trinajstić information content (AvgIpc) is 2.78. The number of nitrogen functional groups attached to an aromatic ring is 1. The molecule has 0 radical (unpaired) electrons. The highest BCUT2D eigenvalue weighted by Gasteiger charge is 2.24. The molecule has 2 aromatic carbocycles. The Labute approximate surface area is 190 Å². The zero-order valence-corrected chi connectivity index (χ0v) is 18.9. The number of ether oxygens (including phenoxy) is 1. The SMILES string of the molecule is CCOC(=O)C(Nc1ccc(C(=N)N)cc1)c1cc(CC)cc(N2CCNCC2)c1.Cl. The molecule has 7 nitrogen and oxygen atoms in total. The summed E-state index contributed by atoms with van der Waals surface area (Å²) in [5.41, 5.74) is 10.2. The van der Waals surface area contributed by atoms with E-state index in [1.54, 1.807) is 12.1 Å². The van der Waals surface area contributed by atoms with E-state index < -0.39 is 6.04 Å². The highest BCUT2D eigenvalue weighted by Crippen LogP contribution is 2.28. The number of aryl methyl sites for hydroxylation is 1. The van der Waals surface area contributed by atoms with Gasteiger partial charge in [-0.3, -0.25) is 5.41 Å². The Morgan fingerprint density at radius 1 is 1.19 bits per heavy atom. The van der Waals surface area contributed by atoms with Crippen LogP contribution in [0.1, 0.15) is 36.6 Å². The highest BCUT2D eigenvalue weighted by molar-refractivity contribution is 5.95. The van der Waals surface area contributed by atoms with Crippen LogP contribution < -0.4 is 21.3 Å². The third kappa shape index (κ3) is 6.35. The molecule has 1 heterocycles. The molecular weight excluding hydrogens is 414 g/mol. The lowest BCUT2D eigenvalue weighted by molar-refractivity contribution is -0.144. The number of amidine groups is 1. The molecule has 0 aromatic heterocycles. The van der Waals surface area contributed by atoms with Gasteiger partial charge in [-0.15, -0.1) is 12.4 Å². The second-order valence-electron chi connectivity index (χ2n) is 7.34. The first kappa shape index (κ1) is 24.5. The van der Waals surface area contributed by atoms with Crippen LogP contribution in [0.5, 0.6) is 0 Å². The number of nitrogens with zero attached hydrogens (tertiary/aromatic N) is 1. The number of hydrogen-bond acceptors (Lipinski definition) is 6. The van der Waals surface area contributed by atoms with Gasteiger partial charge < -0.3 is 26.0 Å². The predicted octanol–water partition coefficient (Wildman–Crippen LogP) is 3.08. The Hall–Kier alpha value is -2.77. The van der Waals surface area contributed by atoms with Crippen molar-refractivity contribution in [3.05, 3.63) is 59.2 Å². The Morgan fingerprint density at radius 3 is 2.45 bits per heavy atom. The summed E-state index contributed by atoms with van der Waals surface area (Å²) in [6.45, 7) is 8.03. The Balaban J connectivity index is 0.00000341. The minimum atomic E-state index is -0.624. The summed E-state index contributed by atoms with van der Waals surface area (Å²) >= 11 is 0. The Morgan fingerprint density at radius 2 is 1.87 bits per heavy atom. The van der Waals surface area contributed by atoms with Crippen LogP contribution in [0.4, 0.5) is 11.4 Å². The molecule has 2 aromatic rings. The van der Waals surface area contributed by atoms with E-state index in [2.05, 4.69) is 40.7 Å². The summed E-state index contributed by atoms with van der Waals surface area (Å²) in [5.74, 6) is -0.299. The molecule has 0 aliphatic carbocycles. The van der Waals surface area contributed by atoms with Gasteiger partial charge in [0.2, 0.25) is 0 Å². The van der Waals surface area contributed by atoms with Gasteiger partial charge in [-0.05, 0) is 60.9 Å². The van der Waals surface area contributed by atoms with Gasteiger partial charge in [-0.2, -0.15) is 0 Å². The van der Waals surface area contributed by atoms with E-state index in [9.17, 15) is 4.79 Å². The number of piperazine rings is 1. The van der Waals surface area contributed by atoms with Crippen molar-refractivity contribution in [2.45, 2.75) is 26.3 Å². The van der Waals surface area contributed by atoms with Gasteiger partial charge in [0, 0.05) is 43.1 Å². The van der Waals surface area contributed by atoms with Gasteiger partial charge in [-0.1, -0.05) is 13.0 Å². The number of carbonyl (C=O) groups excluding carboxylic acids is 1. The first-order valence-electron chi connectivity index (χ1n) is 10.5. The molecule has 0 bridgehead atoms. The maximum Gasteiger partial charge on any atom is 0.333 e. The molecule has 1 fully saturated rings. The molecule has 0 saturated carbocycles. The van der Waals surface area contributed by atoms with Gasteiger partial charge >= 0.3 is 5.97 Å². The number of rotatable bonds is 8. The fourth-order valence-electron chi connectivity index (χ4n) is 3.59. The first-order valence-corrected chi connectivity index (χ1v) is 10.5. The van der Waals surface area contributed by atoms with E-state index in [1.165, 1.54) is 5.56 Å². The molecule has 1 unspecified atom stereocenters. The summed E-state index contributed by atoms with van der Waals surface area (Å²) in [7, 11) is 0. The average molecular weight is 446 g/mol. The van der Waals surface area contributed by atoms with Gasteiger partial charge in [0.25, 0.3) is 0 Å². The Kier molecular flexibility index (Phi) is 9.15. The lowest BCUT2D eigenvalue weighted by Gasteiger charge is -2.31. The number of anilines is 2. The zero-order valence-electron chi connectivity index (χ0n) is 18.1. The monoisotopic (exact) mass is 445 g/mol. The van der Waals surface area contributed by atoms with Gasteiger partial charge in [0.1, 0.15) is 5.84 Å². The smallest absolute Gasteiger partial charge is 0.333 e. The number of benzene rings is 2. The number of hydrogen-bond donors (Lipinski definition) is 4. The van der Waals surface area contributed by atoms with E-state index in [-0.39, 0.29) is 24.2 Å². The van der Waals surface area contributed by atoms with Crippen LogP contribution in [0.3, 0.4) is 0 Å². The molecule has 0 spiro atoms. The molecular formula is C23H32ClN5O2. The summed E-state index contributed by atoms with van der Waals surface area (Å²) < 4.78 is 5.37. The van der Waals surface area contributed by atoms with Crippen molar-refractivity contribution in [2.24, 2.45) is 5.73 Å². The van der Waals surface area contributed by atoms with E-state index >= 15 is 0 Å². The molecule has 1 saturated heterocycles. The van der Waals surface area contributed by atoms with E-state index in [1.807, 2.05) is 19.1 Å². The molecule has 1 atom stereocenters. The summed E-state index contributed by atoms with van der Waals surface area (Å²) in [4.78, 5) is 15.2. The van der Waals surface area contributed by atoms with Crippen molar-refractivity contribution in [1.29, 1.82) is 5.41 Å². The van der Waals surface area contributed by atoms with Crippen molar-refractivity contribution < 1.29 is 9.53 Å². The maximum absolute atomic E-state index is 12.8. The standard InChI is InChI=1S/C23H31N5O2.ClH/c1-3-16-13-18(15-20(14-16)28-11-9-26-10-12-28)21(23(29)30-4-2)27-19-7-5-17(6-8-19)22(24)25;/h5-8,13-15,21,26-27H,3-4,9-12H2,1-2H3,(H3,24,25);1H. The number of carbonyl (C=O) groups is 1. The minimum Gasteiger partial charge on any atom is -0.464 e. The van der Waals surface area contributed by atoms with Crippen LogP contribution >= 0.6 is 12.4 Å². The lowest BCUT2D eigenvalue weighted by atomic mass is 10.00. The molecule has 5 N–H and O–H groups in total. The van der Waals surface area contributed by atoms with Crippen molar-refractivity contribution in [1.82, 2.24) is 5.32 Å².